The summed E-state index contributed by atoms with van der Waals surface area (Å²) in [5, 5.41) is 14.4. The molecule has 7 heteroatoms. The summed E-state index contributed by atoms with van der Waals surface area (Å²) in [5.74, 6) is -0.231. The molecule has 1 amide bonds. The SMILES string of the molecule is CSC(=Nc1ccccc1C(=O)NCc1cccnc1)NC#N. The fourth-order valence-electron chi connectivity index (χ4n) is 1.83. The summed E-state index contributed by atoms with van der Waals surface area (Å²) in [6.07, 6.45) is 7.01. The van der Waals surface area contributed by atoms with Crippen molar-refractivity contribution in [1.29, 1.82) is 5.26 Å². The van der Waals surface area contributed by atoms with E-state index < -0.39 is 0 Å². The van der Waals surface area contributed by atoms with Crippen LogP contribution in [-0.4, -0.2) is 22.3 Å². The van der Waals surface area contributed by atoms with Gasteiger partial charge in [-0.3, -0.25) is 15.1 Å². The fourth-order valence-corrected chi connectivity index (χ4v) is 2.16. The summed E-state index contributed by atoms with van der Waals surface area (Å²) in [6.45, 7) is 0.385. The number of hydrogen-bond donors (Lipinski definition) is 2. The summed E-state index contributed by atoms with van der Waals surface area (Å²) in [4.78, 5) is 20.7. The van der Waals surface area contributed by atoms with Crippen LogP contribution < -0.4 is 10.6 Å². The van der Waals surface area contributed by atoms with Crippen LogP contribution in [0.1, 0.15) is 15.9 Å². The van der Waals surface area contributed by atoms with Gasteiger partial charge in [0.25, 0.3) is 5.91 Å². The molecule has 2 N–H and O–H groups in total. The van der Waals surface area contributed by atoms with Crippen molar-refractivity contribution in [2.45, 2.75) is 6.54 Å². The molecule has 0 unspecified atom stereocenters. The molecule has 0 fully saturated rings. The molecular weight excluding hydrogens is 310 g/mol. The van der Waals surface area contributed by atoms with E-state index in [4.69, 9.17) is 5.26 Å². The third kappa shape index (κ3) is 4.83. The highest BCUT2D eigenvalue weighted by Crippen LogP contribution is 2.20. The van der Waals surface area contributed by atoms with Gasteiger partial charge in [0.1, 0.15) is 0 Å². The summed E-state index contributed by atoms with van der Waals surface area (Å²) in [7, 11) is 0. The molecular formula is C16H15N5OS. The molecule has 23 heavy (non-hydrogen) atoms. The maximum absolute atomic E-state index is 12.4. The monoisotopic (exact) mass is 325 g/mol. The Morgan fingerprint density at radius 2 is 2.17 bits per heavy atom. The van der Waals surface area contributed by atoms with E-state index >= 15 is 0 Å². The van der Waals surface area contributed by atoms with Gasteiger partial charge in [0, 0.05) is 18.9 Å². The largest absolute Gasteiger partial charge is 0.348 e. The van der Waals surface area contributed by atoms with Crippen molar-refractivity contribution in [2.75, 3.05) is 6.26 Å². The van der Waals surface area contributed by atoms with Crippen LogP contribution in [-0.2, 0) is 6.54 Å². The average molecular weight is 325 g/mol. The second-order valence-corrected chi connectivity index (χ2v) is 5.21. The van der Waals surface area contributed by atoms with Gasteiger partial charge in [-0.05, 0) is 30.0 Å². The lowest BCUT2D eigenvalue weighted by atomic mass is 10.1. The lowest BCUT2D eigenvalue weighted by Crippen LogP contribution is -2.23. The van der Waals surface area contributed by atoms with Gasteiger partial charge in [-0.25, -0.2) is 4.99 Å². The Morgan fingerprint density at radius 3 is 2.87 bits per heavy atom. The van der Waals surface area contributed by atoms with Crippen LogP contribution >= 0.6 is 11.8 Å². The number of benzene rings is 1. The number of carbonyl (C=O) groups excluding carboxylic acids is 1. The average Bonchev–Trinajstić information content (AvgIpc) is 2.60. The standard InChI is InChI=1S/C16H15N5OS/c1-23-16(20-11-17)21-14-7-3-2-6-13(14)15(22)19-10-12-5-4-8-18-9-12/h2-9H,10H2,1H3,(H,19,22)(H,20,21). The van der Waals surface area contributed by atoms with Crippen molar-refractivity contribution in [1.82, 2.24) is 15.6 Å². The predicted molar refractivity (Wildman–Crippen MR) is 91.2 cm³/mol. The van der Waals surface area contributed by atoms with E-state index in [9.17, 15) is 4.79 Å². The van der Waals surface area contributed by atoms with Gasteiger partial charge >= 0.3 is 0 Å². The Labute approximate surface area is 138 Å². The van der Waals surface area contributed by atoms with E-state index in [0.717, 1.165) is 5.56 Å². The minimum atomic E-state index is -0.231. The number of aromatic nitrogens is 1. The molecule has 2 rings (SSSR count). The number of para-hydroxylation sites is 1. The van der Waals surface area contributed by atoms with Gasteiger partial charge in [-0.1, -0.05) is 30.0 Å². The van der Waals surface area contributed by atoms with Crippen LogP contribution in [0.4, 0.5) is 5.69 Å². The third-order valence-electron chi connectivity index (χ3n) is 2.90. The van der Waals surface area contributed by atoms with E-state index in [0.29, 0.717) is 23.0 Å². The van der Waals surface area contributed by atoms with Crippen molar-refractivity contribution in [3.63, 3.8) is 0 Å². The van der Waals surface area contributed by atoms with Crippen LogP contribution in [0.15, 0.2) is 53.8 Å². The Kier molecular flexibility index (Phi) is 6.15. The first kappa shape index (κ1) is 16.5. The molecule has 1 aromatic heterocycles. The molecule has 0 spiro atoms. The quantitative estimate of drug-likeness (QED) is 0.390. The van der Waals surface area contributed by atoms with Crippen molar-refractivity contribution in [2.24, 2.45) is 4.99 Å². The van der Waals surface area contributed by atoms with Crippen LogP contribution in [0.5, 0.6) is 0 Å². The molecule has 0 atom stereocenters. The van der Waals surface area contributed by atoms with Crippen molar-refractivity contribution >= 4 is 28.5 Å². The van der Waals surface area contributed by atoms with Gasteiger partial charge in [0.15, 0.2) is 11.4 Å². The molecule has 2 aromatic rings. The number of amidine groups is 1. The molecule has 0 bridgehead atoms. The van der Waals surface area contributed by atoms with Crippen LogP contribution in [0.2, 0.25) is 0 Å². The summed E-state index contributed by atoms with van der Waals surface area (Å²) in [5.41, 5.74) is 1.86. The Balaban J connectivity index is 2.16. The molecule has 1 aromatic carbocycles. The second kappa shape index (κ2) is 8.56. The van der Waals surface area contributed by atoms with Crippen molar-refractivity contribution in [3.8, 4) is 6.19 Å². The topological polar surface area (TPSA) is 90.2 Å². The van der Waals surface area contributed by atoms with Gasteiger partial charge < -0.3 is 5.32 Å². The normalized spacial score (nSPS) is 10.7. The predicted octanol–water partition coefficient (Wildman–Crippen LogP) is 2.43. The highest BCUT2D eigenvalue weighted by atomic mass is 32.2. The minimum Gasteiger partial charge on any atom is -0.348 e. The molecule has 6 nitrogen and oxygen atoms in total. The Morgan fingerprint density at radius 1 is 1.35 bits per heavy atom. The molecule has 116 valence electrons. The lowest BCUT2D eigenvalue weighted by Gasteiger charge is -2.08. The highest BCUT2D eigenvalue weighted by Gasteiger charge is 2.11. The van der Waals surface area contributed by atoms with Crippen molar-refractivity contribution in [3.05, 3.63) is 59.9 Å². The van der Waals surface area contributed by atoms with Gasteiger partial charge in [0.2, 0.25) is 0 Å². The zero-order chi connectivity index (χ0) is 16.5. The number of amides is 1. The Hall–Kier alpha value is -2.85. The van der Waals surface area contributed by atoms with E-state index in [1.165, 1.54) is 11.8 Å². The maximum atomic E-state index is 12.4. The van der Waals surface area contributed by atoms with E-state index in [1.807, 2.05) is 18.3 Å². The molecule has 0 saturated heterocycles. The highest BCUT2D eigenvalue weighted by molar-refractivity contribution is 8.13. The molecule has 0 saturated carbocycles. The first-order valence-corrected chi connectivity index (χ1v) is 8.01. The Bertz CT molecular complexity index is 740. The number of nitrogens with one attached hydrogen (secondary N) is 2. The number of hydrogen-bond acceptors (Lipinski definition) is 5. The van der Waals surface area contributed by atoms with Crippen LogP contribution in [0.25, 0.3) is 0 Å². The zero-order valence-corrected chi connectivity index (χ0v) is 13.3. The van der Waals surface area contributed by atoms with Gasteiger partial charge in [-0.2, -0.15) is 5.26 Å². The third-order valence-corrected chi connectivity index (χ3v) is 3.48. The number of carbonyl (C=O) groups is 1. The van der Waals surface area contributed by atoms with Crippen LogP contribution in [0, 0.1) is 11.5 Å². The molecule has 0 aliphatic carbocycles. The number of nitrogens with zero attached hydrogens (tertiary/aromatic N) is 3. The van der Waals surface area contributed by atoms with E-state index in [1.54, 1.807) is 42.9 Å². The number of thioether (sulfide) groups is 1. The summed E-state index contributed by atoms with van der Waals surface area (Å²) in [6, 6.07) is 10.7. The smallest absolute Gasteiger partial charge is 0.253 e. The number of aliphatic imine (C=N–C) groups is 1. The zero-order valence-electron chi connectivity index (χ0n) is 12.5. The molecule has 0 aliphatic rings. The number of rotatable bonds is 4. The summed E-state index contributed by atoms with van der Waals surface area (Å²) >= 11 is 1.30. The van der Waals surface area contributed by atoms with Gasteiger partial charge in [0.05, 0.1) is 11.3 Å². The number of nitriles is 1. The van der Waals surface area contributed by atoms with Crippen molar-refractivity contribution < 1.29 is 4.79 Å². The minimum absolute atomic E-state index is 0.231. The lowest BCUT2D eigenvalue weighted by molar-refractivity contribution is 0.0951. The van der Waals surface area contributed by atoms with Gasteiger partial charge in [-0.15, -0.1) is 0 Å². The van der Waals surface area contributed by atoms with E-state index in [2.05, 4.69) is 20.6 Å². The molecule has 0 aliphatic heterocycles. The fraction of sp³-hybridized carbons (Fsp3) is 0.125. The molecule has 1 heterocycles. The van der Waals surface area contributed by atoms with Crippen LogP contribution in [0.3, 0.4) is 0 Å². The molecule has 0 radical (unpaired) electrons. The number of pyridine rings is 1. The first-order chi connectivity index (χ1) is 11.2. The second-order valence-electron chi connectivity index (χ2n) is 4.42. The van der Waals surface area contributed by atoms with E-state index in [-0.39, 0.29) is 5.91 Å². The summed E-state index contributed by atoms with van der Waals surface area (Å²) < 4.78 is 0. The first-order valence-electron chi connectivity index (χ1n) is 6.78. The maximum Gasteiger partial charge on any atom is 0.253 e.